The van der Waals surface area contributed by atoms with Crippen LogP contribution in [0.1, 0.15) is 19.0 Å². The lowest BCUT2D eigenvalue weighted by atomic mass is 10.3. The number of sulfone groups is 1. The molecule has 140 valence electrons. The maximum atomic E-state index is 12.8. The van der Waals surface area contributed by atoms with Crippen LogP contribution in [-0.2, 0) is 20.4 Å². The lowest BCUT2D eigenvalue weighted by Gasteiger charge is -2.08. The van der Waals surface area contributed by atoms with E-state index < -0.39 is 38.5 Å². The van der Waals surface area contributed by atoms with Gasteiger partial charge in [-0.3, -0.25) is 9.59 Å². The minimum atomic E-state index is -3.81. The van der Waals surface area contributed by atoms with Crippen molar-refractivity contribution in [3.63, 3.8) is 0 Å². The quantitative estimate of drug-likeness (QED) is 0.725. The molecular weight excluding hydrogens is 363 g/mol. The molecular formula is C17H19FN2O5S. The zero-order valence-electron chi connectivity index (χ0n) is 14.1. The Morgan fingerprint density at radius 3 is 2.58 bits per heavy atom. The molecule has 1 aromatic carbocycles. The van der Waals surface area contributed by atoms with Crippen molar-refractivity contribution in [3.8, 4) is 5.75 Å². The molecule has 1 amide bonds. The van der Waals surface area contributed by atoms with Gasteiger partial charge in [0.1, 0.15) is 11.6 Å². The summed E-state index contributed by atoms with van der Waals surface area (Å²) in [4.78, 5) is 26.4. The highest BCUT2D eigenvalue weighted by molar-refractivity contribution is 7.91. The molecule has 0 aliphatic heterocycles. The summed E-state index contributed by atoms with van der Waals surface area (Å²) in [6, 6.07) is 6.09. The molecule has 0 saturated heterocycles. The Balaban J connectivity index is 1.99. The first kappa shape index (κ1) is 19.6. The van der Waals surface area contributed by atoms with Crippen LogP contribution in [0.25, 0.3) is 0 Å². The summed E-state index contributed by atoms with van der Waals surface area (Å²) in [5.74, 6) is -2.36. The van der Waals surface area contributed by atoms with E-state index in [0.717, 1.165) is 24.6 Å². The first-order valence-corrected chi connectivity index (χ1v) is 9.71. The monoisotopic (exact) mass is 382 g/mol. The average Bonchev–Trinajstić information content (AvgIpc) is 2.55. The Bertz CT molecular complexity index is 923. The topological polar surface area (TPSA) is 105 Å². The second-order valence-corrected chi connectivity index (χ2v) is 7.69. The number of amides is 1. The van der Waals surface area contributed by atoms with Gasteiger partial charge in [0.2, 0.25) is 11.3 Å². The number of carbonyl (C=O) groups excluding carboxylic acids is 1. The molecule has 0 bridgehead atoms. The number of aromatic nitrogens is 1. The molecule has 9 heteroatoms. The van der Waals surface area contributed by atoms with Crippen molar-refractivity contribution in [1.29, 1.82) is 0 Å². The lowest BCUT2D eigenvalue weighted by Crippen LogP contribution is -2.24. The molecule has 0 unspecified atom stereocenters. The number of H-pyrrole nitrogens is 1. The van der Waals surface area contributed by atoms with Crippen LogP contribution >= 0.6 is 0 Å². The molecule has 0 aliphatic carbocycles. The first-order valence-electron chi connectivity index (χ1n) is 7.89. The smallest absolute Gasteiger partial charge is 0.239 e. The van der Waals surface area contributed by atoms with Crippen LogP contribution in [0.2, 0.25) is 0 Å². The van der Waals surface area contributed by atoms with Gasteiger partial charge in [0.05, 0.1) is 12.4 Å². The van der Waals surface area contributed by atoms with Crippen LogP contribution in [0.3, 0.4) is 0 Å². The maximum Gasteiger partial charge on any atom is 0.239 e. The van der Waals surface area contributed by atoms with Crippen molar-refractivity contribution in [2.45, 2.75) is 19.1 Å². The third kappa shape index (κ3) is 5.99. The highest BCUT2D eigenvalue weighted by atomic mass is 32.2. The number of aromatic amines is 1. The van der Waals surface area contributed by atoms with Gasteiger partial charge in [-0.25, -0.2) is 12.8 Å². The van der Waals surface area contributed by atoms with E-state index in [9.17, 15) is 22.4 Å². The summed E-state index contributed by atoms with van der Waals surface area (Å²) in [6.07, 6.45) is 2.04. The van der Waals surface area contributed by atoms with E-state index in [1.165, 1.54) is 18.3 Å². The Morgan fingerprint density at radius 2 is 1.96 bits per heavy atom. The van der Waals surface area contributed by atoms with Gasteiger partial charge in [-0.05, 0) is 30.7 Å². The molecule has 0 saturated carbocycles. The van der Waals surface area contributed by atoms with Gasteiger partial charge in [-0.2, -0.15) is 0 Å². The maximum absolute atomic E-state index is 12.8. The van der Waals surface area contributed by atoms with E-state index in [1.807, 2.05) is 6.92 Å². The van der Waals surface area contributed by atoms with E-state index in [-0.39, 0.29) is 17.1 Å². The second-order valence-electron chi connectivity index (χ2n) is 5.62. The van der Waals surface area contributed by atoms with Gasteiger partial charge < -0.3 is 15.0 Å². The van der Waals surface area contributed by atoms with Crippen molar-refractivity contribution in [2.24, 2.45) is 0 Å². The number of benzene rings is 1. The van der Waals surface area contributed by atoms with Crippen molar-refractivity contribution < 1.29 is 22.3 Å². The van der Waals surface area contributed by atoms with Gasteiger partial charge in [0.25, 0.3) is 0 Å². The summed E-state index contributed by atoms with van der Waals surface area (Å²) in [6.45, 7) is 2.27. The van der Waals surface area contributed by atoms with Crippen LogP contribution in [0.15, 0.2) is 41.3 Å². The van der Waals surface area contributed by atoms with Gasteiger partial charge >= 0.3 is 0 Å². The SMILES string of the molecule is CCCOc1c[nH]c(CS(=O)(=O)CC(=O)Nc2ccc(F)cc2)cc1=O. The van der Waals surface area contributed by atoms with Crippen LogP contribution in [0.4, 0.5) is 10.1 Å². The van der Waals surface area contributed by atoms with Crippen molar-refractivity contribution >= 4 is 21.4 Å². The number of nitrogens with one attached hydrogen (secondary N) is 2. The van der Waals surface area contributed by atoms with E-state index >= 15 is 0 Å². The molecule has 0 aliphatic rings. The van der Waals surface area contributed by atoms with E-state index in [1.54, 1.807) is 0 Å². The number of hydrogen-bond acceptors (Lipinski definition) is 5. The van der Waals surface area contributed by atoms with Crippen LogP contribution < -0.4 is 15.5 Å². The van der Waals surface area contributed by atoms with Crippen molar-refractivity contribution in [1.82, 2.24) is 4.98 Å². The minimum Gasteiger partial charge on any atom is -0.488 e. The zero-order valence-corrected chi connectivity index (χ0v) is 14.9. The summed E-state index contributed by atoms with van der Waals surface area (Å²) < 4.78 is 42.3. The third-order valence-electron chi connectivity index (χ3n) is 3.25. The normalized spacial score (nSPS) is 11.2. The molecule has 1 heterocycles. The fraction of sp³-hybridized carbons (Fsp3) is 0.294. The summed E-state index contributed by atoms with van der Waals surface area (Å²) in [5, 5.41) is 2.38. The second kappa shape index (κ2) is 8.61. The molecule has 0 radical (unpaired) electrons. The number of ether oxygens (including phenoxy) is 1. The molecule has 0 spiro atoms. The summed E-state index contributed by atoms with van der Waals surface area (Å²) in [5.41, 5.74) is 0.0176. The average molecular weight is 382 g/mol. The molecule has 0 fully saturated rings. The lowest BCUT2D eigenvalue weighted by molar-refractivity contribution is -0.113. The fourth-order valence-electron chi connectivity index (χ4n) is 2.13. The fourth-order valence-corrected chi connectivity index (χ4v) is 3.34. The van der Waals surface area contributed by atoms with E-state index in [0.29, 0.717) is 6.61 Å². The van der Waals surface area contributed by atoms with Gasteiger partial charge in [0.15, 0.2) is 15.6 Å². The number of carbonyl (C=O) groups is 1. The van der Waals surface area contributed by atoms with Gasteiger partial charge in [-0.15, -0.1) is 0 Å². The van der Waals surface area contributed by atoms with Crippen LogP contribution in [0.5, 0.6) is 5.75 Å². The molecule has 2 aromatic rings. The molecule has 26 heavy (non-hydrogen) atoms. The van der Waals surface area contributed by atoms with Crippen molar-refractivity contribution in [3.05, 3.63) is 58.3 Å². The number of hydrogen-bond donors (Lipinski definition) is 2. The number of pyridine rings is 1. The molecule has 1 aromatic heterocycles. The number of rotatable bonds is 8. The molecule has 2 rings (SSSR count). The Hall–Kier alpha value is -2.68. The van der Waals surface area contributed by atoms with Gasteiger partial charge in [-0.1, -0.05) is 6.92 Å². The highest BCUT2D eigenvalue weighted by Gasteiger charge is 2.18. The largest absolute Gasteiger partial charge is 0.488 e. The highest BCUT2D eigenvalue weighted by Crippen LogP contribution is 2.10. The number of anilines is 1. The van der Waals surface area contributed by atoms with Gasteiger partial charge in [0, 0.05) is 23.6 Å². The van der Waals surface area contributed by atoms with Crippen LogP contribution in [-0.4, -0.2) is 31.7 Å². The molecule has 0 atom stereocenters. The standard InChI is InChI=1S/C17H19FN2O5S/c1-2-7-25-16-9-19-14(8-15(16)21)10-26(23,24)11-17(22)20-13-5-3-12(18)4-6-13/h3-6,8-9H,2,7,10-11H2,1H3,(H,19,21)(H,20,22). The predicted molar refractivity (Wildman–Crippen MR) is 95.4 cm³/mol. The number of halogens is 1. The van der Waals surface area contributed by atoms with E-state index in [2.05, 4.69) is 10.3 Å². The van der Waals surface area contributed by atoms with Crippen molar-refractivity contribution in [2.75, 3.05) is 17.7 Å². The van der Waals surface area contributed by atoms with E-state index in [4.69, 9.17) is 4.74 Å². The Kier molecular flexibility index (Phi) is 6.51. The predicted octanol–water partition coefficient (Wildman–Crippen LogP) is 1.86. The Labute approximate surface area is 150 Å². The summed E-state index contributed by atoms with van der Waals surface area (Å²) >= 11 is 0. The summed E-state index contributed by atoms with van der Waals surface area (Å²) in [7, 11) is -3.81. The zero-order chi connectivity index (χ0) is 19.2. The minimum absolute atomic E-state index is 0.113. The first-order chi connectivity index (χ1) is 12.3. The van der Waals surface area contributed by atoms with Crippen LogP contribution in [0, 0.1) is 5.82 Å². The Morgan fingerprint density at radius 1 is 1.27 bits per heavy atom. The molecule has 2 N–H and O–H groups in total. The third-order valence-corrected chi connectivity index (χ3v) is 4.71. The molecule has 7 nitrogen and oxygen atoms in total.